The molecule has 4 heteroatoms. The lowest BCUT2D eigenvalue weighted by Crippen LogP contribution is -2.48. The van der Waals surface area contributed by atoms with E-state index in [0.29, 0.717) is 5.71 Å². The van der Waals surface area contributed by atoms with E-state index in [1.165, 1.54) is 7.11 Å². The molecular weight excluding hydrogens is 312 g/mol. The number of hydrogen-bond donors (Lipinski definition) is 0. The Bertz CT molecular complexity index is 763. The van der Waals surface area contributed by atoms with Crippen molar-refractivity contribution >= 4 is 11.7 Å². The van der Waals surface area contributed by atoms with E-state index in [4.69, 9.17) is 9.73 Å². The molecule has 25 heavy (non-hydrogen) atoms. The van der Waals surface area contributed by atoms with Crippen molar-refractivity contribution < 1.29 is 9.53 Å². The molecule has 2 rings (SSSR count). The Hall–Kier alpha value is -2.93. The average molecular weight is 334 g/mol. The molecule has 0 saturated heterocycles. The fraction of sp³-hybridized carbons (Fsp3) is 0.286. The standard InChI is InChI=1S/C21H22N2O2/c1-20(2,15-22)21(3,19(24)25-4)23-18(16-11-7-5-8-12-16)17-13-9-6-10-14-17/h5-14H,1-4H3. The first-order valence-corrected chi connectivity index (χ1v) is 8.06. The van der Waals surface area contributed by atoms with Gasteiger partial charge in [-0.1, -0.05) is 60.7 Å². The van der Waals surface area contributed by atoms with Crippen LogP contribution < -0.4 is 0 Å². The van der Waals surface area contributed by atoms with Gasteiger partial charge >= 0.3 is 5.97 Å². The summed E-state index contributed by atoms with van der Waals surface area (Å²) in [6.07, 6.45) is 0. The van der Waals surface area contributed by atoms with Crippen LogP contribution in [0.1, 0.15) is 31.9 Å². The molecule has 2 aromatic carbocycles. The van der Waals surface area contributed by atoms with E-state index in [2.05, 4.69) is 6.07 Å². The van der Waals surface area contributed by atoms with Gasteiger partial charge in [0.15, 0.2) is 5.54 Å². The third kappa shape index (κ3) is 3.61. The van der Waals surface area contributed by atoms with Gasteiger partial charge in [-0.05, 0) is 20.8 Å². The second-order valence-corrected chi connectivity index (χ2v) is 6.49. The van der Waals surface area contributed by atoms with Crippen LogP contribution in [0.3, 0.4) is 0 Å². The molecule has 0 aliphatic carbocycles. The molecule has 0 bridgehead atoms. The maximum absolute atomic E-state index is 12.6. The minimum atomic E-state index is -1.35. The van der Waals surface area contributed by atoms with Crippen molar-refractivity contribution in [2.45, 2.75) is 26.3 Å². The molecule has 0 spiro atoms. The van der Waals surface area contributed by atoms with Gasteiger partial charge in [0.1, 0.15) is 0 Å². The normalized spacial score (nSPS) is 13.2. The summed E-state index contributed by atoms with van der Waals surface area (Å²) in [5.41, 5.74) is -0.000519. The molecule has 0 saturated carbocycles. The maximum Gasteiger partial charge on any atom is 0.335 e. The Labute approximate surface area is 148 Å². The smallest absolute Gasteiger partial charge is 0.335 e. The minimum Gasteiger partial charge on any atom is -0.467 e. The minimum absolute atomic E-state index is 0.539. The Morgan fingerprint density at radius 2 is 1.40 bits per heavy atom. The van der Waals surface area contributed by atoms with Gasteiger partial charge < -0.3 is 4.74 Å². The van der Waals surface area contributed by atoms with Crippen LogP contribution in [0.2, 0.25) is 0 Å². The van der Waals surface area contributed by atoms with E-state index in [-0.39, 0.29) is 0 Å². The molecule has 0 aliphatic rings. The van der Waals surface area contributed by atoms with E-state index in [9.17, 15) is 10.1 Å². The number of ether oxygens (including phenoxy) is 1. The fourth-order valence-corrected chi connectivity index (χ4v) is 2.46. The van der Waals surface area contributed by atoms with Gasteiger partial charge in [-0.25, -0.2) is 4.79 Å². The van der Waals surface area contributed by atoms with Crippen molar-refractivity contribution in [3.63, 3.8) is 0 Å². The van der Waals surface area contributed by atoms with Crippen LogP contribution in [0.15, 0.2) is 65.7 Å². The van der Waals surface area contributed by atoms with E-state index < -0.39 is 16.9 Å². The first-order chi connectivity index (χ1) is 11.9. The number of aliphatic imine (C=N–C) groups is 1. The summed E-state index contributed by atoms with van der Waals surface area (Å²) in [5, 5.41) is 9.60. The molecule has 0 aromatic heterocycles. The molecule has 0 aliphatic heterocycles. The number of rotatable bonds is 5. The van der Waals surface area contributed by atoms with Crippen molar-refractivity contribution in [3.05, 3.63) is 71.8 Å². The van der Waals surface area contributed by atoms with Crippen molar-refractivity contribution in [2.75, 3.05) is 7.11 Å². The highest BCUT2D eigenvalue weighted by Crippen LogP contribution is 2.36. The molecular formula is C21H22N2O2. The van der Waals surface area contributed by atoms with E-state index in [1.807, 2.05) is 60.7 Å². The van der Waals surface area contributed by atoms with Crippen LogP contribution in [0.25, 0.3) is 0 Å². The number of nitrogens with zero attached hydrogens (tertiary/aromatic N) is 2. The van der Waals surface area contributed by atoms with Gasteiger partial charge in [-0.2, -0.15) is 5.26 Å². The second kappa shape index (κ2) is 7.31. The summed E-state index contributed by atoms with van der Waals surface area (Å²) in [5.74, 6) is -0.539. The molecule has 0 heterocycles. The van der Waals surface area contributed by atoms with E-state index >= 15 is 0 Å². The van der Waals surface area contributed by atoms with Crippen molar-refractivity contribution in [1.29, 1.82) is 5.26 Å². The molecule has 2 aromatic rings. The summed E-state index contributed by atoms with van der Waals surface area (Å²) >= 11 is 0. The van der Waals surface area contributed by atoms with E-state index in [0.717, 1.165) is 11.1 Å². The highest BCUT2D eigenvalue weighted by atomic mass is 16.5. The SMILES string of the molecule is COC(=O)C(C)(N=C(c1ccccc1)c1ccccc1)C(C)(C)C#N. The number of carbonyl (C=O) groups is 1. The predicted octanol–water partition coefficient (Wildman–Crippen LogP) is 4.01. The number of hydrogen-bond acceptors (Lipinski definition) is 4. The first kappa shape index (κ1) is 18.4. The Kier molecular flexibility index (Phi) is 5.38. The highest BCUT2D eigenvalue weighted by molar-refractivity contribution is 6.13. The summed E-state index contributed by atoms with van der Waals surface area (Å²) in [6, 6.07) is 21.4. The van der Waals surface area contributed by atoms with Crippen LogP contribution in [-0.4, -0.2) is 24.3 Å². The summed E-state index contributed by atoms with van der Waals surface area (Å²) in [4.78, 5) is 17.3. The molecule has 1 atom stereocenters. The lowest BCUT2D eigenvalue weighted by atomic mass is 9.74. The summed E-state index contributed by atoms with van der Waals surface area (Å²) in [6.45, 7) is 5.04. The average Bonchev–Trinajstić information content (AvgIpc) is 2.66. The van der Waals surface area contributed by atoms with Crippen LogP contribution in [0.5, 0.6) is 0 Å². The molecule has 0 radical (unpaired) electrons. The topological polar surface area (TPSA) is 62.4 Å². The van der Waals surface area contributed by atoms with Crippen molar-refractivity contribution in [3.8, 4) is 6.07 Å². The summed E-state index contributed by atoms with van der Waals surface area (Å²) < 4.78 is 4.98. The van der Waals surface area contributed by atoms with Crippen LogP contribution in [0, 0.1) is 16.7 Å². The maximum atomic E-state index is 12.6. The molecule has 1 unspecified atom stereocenters. The van der Waals surface area contributed by atoms with Crippen LogP contribution in [0.4, 0.5) is 0 Å². The molecule has 0 fully saturated rings. The Morgan fingerprint density at radius 1 is 0.960 bits per heavy atom. The van der Waals surface area contributed by atoms with Gasteiger partial charge in [0.05, 0.1) is 24.3 Å². The van der Waals surface area contributed by atoms with Gasteiger partial charge in [0.25, 0.3) is 0 Å². The summed E-state index contributed by atoms with van der Waals surface area (Å²) in [7, 11) is 1.31. The molecule has 0 amide bonds. The fourth-order valence-electron chi connectivity index (χ4n) is 2.46. The molecule has 4 nitrogen and oxygen atoms in total. The van der Waals surface area contributed by atoms with Crippen LogP contribution in [-0.2, 0) is 9.53 Å². The van der Waals surface area contributed by atoms with Gasteiger partial charge in [0, 0.05) is 11.1 Å². The number of nitriles is 1. The lowest BCUT2D eigenvalue weighted by Gasteiger charge is -2.34. The number of esters is 1. The number of methoxy groups -OCH3 is 1. The zero-order valence-electron chi connectivity index (χ0n) is 15.0. The third-order valence-corrected chi connectivity index (χ3v) is 4.51. The lowest BCUT2D eigenvalue weighted by molar-refractivity contribution is -0.149. The van der Waals surface area contributed by atoms with Crippen LogP contribution >= 0.6 is 0 Å². The van der Waals surface area contributed by atoms with Crippen molar-refractivity contribution in [1.82, 2.24) is 0 Å². The number of benzene rings is 2. The molecule has 128 valence electrons. The number of carbonyl (C=O) groups excluding carboxylic acids is 1. The Balaban J connectivity index is 2.74. The highest BCUT2D eigenvalue weighted by Gasteiger charge is 2.49. The second-order valence-electron chi connectivity index (χ2n) is 6.49. The quantitative estimate of drug-likeness (QED) is 0.613. The van der Waals surface area contributed by atoms with Gasteiger partial charge in [-0.3, -0.25) is 4.99 Å². The van der Waals surface area contributed by atoms with Crippen molar-refractivity contribution in [2.24, 2.45) is 10.4 Å². The largest absolute Gasteiger partial charge is 0.467 e. The van der Waals surface area contributed by atoms with E-state index in [1.54, 1.807) is 20.8 Å². The third-order valence-electron chi connectivity index (χ3n) is 4.51. The predicted molar refractivity (Wildman–Crippen MR) is 98.3 cm³/mol. The van der Waals surface area contributed by atoms with Gasteiger partial charge in [0.2, 0.25) is 0 Å². The monoisotopic (exact) mass is 334 g/mol. The first-order valence-electron chi connectivity index (χ1n) is 8.06. The Morgan fingerprint density at radius 3 is 1.76 bits per heavy atom. The zero-order valence-corrected chi connectivity index (χ0v) is 15.0. The van der Waals surface area contributed by atoms with Gasteiger partial charge in [-0.15, -0.1) is 0 Å². The zero-order chi connectivity index (χ0) is 18.5. The molecule has 0 N–H and O–H groups in total.